The zero-order valence-electron chi connectivity index (χ0n) is 7.83. The van der Waals surface area contributed by atoms with Crippen LogP contribution in [-0.4, -0.2) is 9.78 Å². The van der Waals surface area contributed by atoms with Gasteiger partial charge < -0.3 is 5.10 Å². The summed E-state index contributed by atoms with van der Waals surface area (Å²) in [6.07, 6.45) is 8.32. The third-order valence-electron chi connectivity index (χ3n) is 2.89. The number of hydrogen-bond acceptors (Lipinski definition) is 1. The minimum absolute atomic E-state index is 0.102. The predicted molar refractivity (Wildman–Crippen MR) is 51.6 cm³/mol. The quantitative estimate of drug-likeness (QED) is 0.739. The number of nitrogens with one attached hydrogen (secondary N) is 1. The van der Waals surface area contributed by atoms with Crippen molar-refractivity contribution in [1.29, 1.82) is 0 Å². The Morgan fingerprint density at radius 2 is 2.15 bits per heavy atom. The first-order valence-electron chi connectivity index (χ1n) is 5.10. The number of aromatic amines is 1. The van der Waals surface area contributed by atoms with Crippen molar-refractivity contribution in [2.75, 3.05) is 0 Å². The van der Waals surface area contributed by atoms with E-state index in [0.717, 1.165) is 6.54 Å². The maximum absolute atomic E-state index is 11.2. The van der Waals surface area contributed by atoms with Crippen molar-refractivity contribution >= 4 is 0 Å². The number of aromatic nitrogens is 2. The highest BCUT2D eigenvalue weighted by Crippen LogP contribution is 2.24. The molecule has 1 fully saturated rings. The molecule has 2 rings (SSSR count). The average Bonchev–Trinajstić information content (AvgIpc) is 2.54. The van der Waals surface area contributed by atoms with Crippen LogP contribution in [0.1, 0.15) is 32.1 Å². The molecule has 1 N–H and O–H groups in total. The molecular weight excluding hydrogens is 164 g/mol. The first kappa shape index (κ1) is 8.60. The molecule has 0 amide bonds. The maximum atomic E-state index is 11.2. The molecule has 1 aliphatic carbocycles. The molecule has 1 aliphatic rings. The summed E-state index contributed by atoms with van der Waals surface area (Å²) in [6.45, 7) is 0.881. The minimum atomic E-state index is 0.102. The van der Waals surface area contributed by atoms with E-state index in [-0.39, 0.29) is 5.56 Å². The van der Waals surface area contributed by atoms with E-state index in [2.05, 4.69) is 5.10 Å². The van der Waals surface area contributed by atoms with Crippen molar-refractivity contribution in [2.45, 2.75) is 38.6 Å². The van der Waals surface area contributed by atoms with Crippen LogP contribution >= 0.6 is 0 Å². The second kappa shape index (κ2) is 3.81. The van der Waals surface area contributed by atoms with Gasteiger partial charge in [-0.25, -0.2) is 0 Å². The van der Waals surface area contributed by atoms with Gasteiger partial charge in [0.2, 0.25) is 0 Å². The summed E-state index contributed by atoms with van der Waals surface area (Å²) in [5, 5.41) is 2.96. The van der Waals surface area contributed by atoms with Gasteiger partial charge in [-0.3, -0.25) is 9.48 Å². The van der Waals surface area contributed by atoms with Gasteiger partial charge in [0, 0.05) is 18.8 Å². The largest absolute Gasteiger partial charge is 0.303 e. The zero-order valence-corrected chi connectivity index (χ0v) is 7.83. The van der Waals surface area contributed by atoms with Gasteiger partial charge >= 0.3 is 0 Å². The Bertz CT molecular complexity index is 307. The molecule has 0 radical (unpaired) electrons. The number of H-pyrrole nitrogens is 1. The summed E-state index contributed by atoms with van der Waals surface area (Å²) < 4.78 is 1.72. The molecule has 1 aromatic heterocycles. The SMILES string of the molecule is O=c1cc[nH]n1CC1CCCCC1. The molecule has 0 aliphatic heterocycles. The van der Waals surface area contributed by atoms with Crippen molar-refractivity contribution in [3.63, 3.8) is 0 Å². The summed E-state index contributed by atoms with van der Waals surface area (Å²) in [4.78, 5) is 11.2. The maximum Gasteiger partial charge on any atom is 0.266 e. The molecule has 0 bridgehead atoms. The van der Waals surface area contributed by atoms with Crippen LogP contribution in [0.25, 0.3) is 0 Å². The molecule has 13 heavy (non-hydrogen) atoms. The van der Waals surface area contributed by atoms with Gasteiger partial charge in [0.15, 0.2) is 0 Å². The molecule has 0 unspecified atom stereocenters. The van der Waals surface area contributed by atoms with Gasteiger partial charge in [0.1, 0.15) is 0 Å². The average molecular weight is 180 g/mol. The monoisotopic (exact) mass is 180 g/mol. The fourth-order valence-corrected chi connectivity index (χ4v) is 2.12. The molecule has 1 aromatic rings. The first-order valence-corrected chi connectivity index (χ1v) is 5.10. The number of nitrogens with zero attached hydrogens (tertiary/aromatic N) is 1. The van der Waals surface area contributed by atoms with E-state index in [4.69, 9.17) is 0 Å². The van der Waals surface area contributed by atoms with Crippen molar-refractivity contribution in [3.05, 3.63) is 22.6 Å². The van der Waals surface area contributed by atoms with Crippen molar-refractivity contribution < 1.29 is 0 Å². The normalized spacial score (nSPS) is 19.1. The van der Waals surface area contributed by atoms with Crippen LogP contribution in [0.5, 0.6) is 0 Å². The fraction of sp³-hybridized carbons (Fsp3) is 0.700. The topological polar surface area (TPSA) is 37.8 Å². The summed E-state index contributed by atoms with van der Waals surface area (Å²) in [7, 11) is 0. The van der Waals surface area contributed by atoms with E-state index < -0.39 is 0 Å². The lowest BCUT2D eigenvalue weighted by atomic mass is 9.89. The van der Waals surface area contributed by atoms with Gasteiger partial charge in [-0.15, -0.1) is 0 Å². The van der Waals surface area contributed by atoms with Gasteiger partial charge in [-0.1, -0.05) is 19.3 Å². The van der Waals surface area contributed by atoms with Crippen molar-refractivity contribution in [2.24, 2.45) is 5.92 Å². The van der Waals surface area contributed by atoms with E-state index in [1.54, 1.807) is 16.9 Å². The van der Waals surface area contributed by atoms with E-state index in [9.17, 15) is 4.79 Å². The lowest BCUT2D eigenvalue weighted by Gasteiger charge is -2.21. The molecule has 3 heteroatoms. The van der Waals surface area contributed by atoms with Gasteiger partial charge in [0.25, 0.3) is 5.56 Å². The molecule has 0 aromatic carbocycles. The fourth-order valence-electron chi connectivity index (χ4n) is 2.12. The summed E-state index contributed by atoms with van der Waals surface area (Å²) in [6, 6.07) is 1.59. The number of hydrogen-bond donors (Lipinski definition) is 1. The second-order valence-corrected chi connectivity index (χ2v) is 3.92. The Kier molecular flexibility index (Phi) is 2.52. The van der Waals surface area contributed by atoms with Crippen LogP contribution in [-0.2, 0) is 6.54 Å². The molecular formula is C10H16N2O. The highest BCUT2D eigenvalue weighted by molar-refractivity contribution is 4.81. The Morgan fingerprint density at radius 1 is 1.38 bits per heavy atom. The Morgan fingerprint density at radius 3 is 2.77 bits per heavy atom. The third-order valence-corrected chi connectivity index (χ3v) is 2.89. The minimum Gasteiger partial charge on any atom is -0.303 e. The van der Waals surface area contributed by atoms with E-state index >= 15 is 0 Å². The first-order chi connectivity index (χ1) is 6.36. The smallest absolute Gasteiger partial charge is 0.266 e. The molecule has 0 atom stereocenters. The lowest BCUT2D eigenvalue weighted by molar-refractivity contribution is 0.305. The predicted octanol–water partition coefficient (Wildman–Crippen LogP) is 1.76. The van der Waals surface area contributed by atoms with E-state index in [1.165, 1.54) is 32.1 Å². The van der Waals surface area contributed by atoms with E-state index in [1.807, 2.05) is 0 Å². The molecule has 1 heterocycles. The van der Waals surface area contributed by atoms with Crippen LogP contribution in [0.3, 0.4) is 0 Å². The Labute approximate surface area is 77.7 Å². The molecule has 3 nitrogen and oxygen atoms in total. The molecule has 1 saturated carbocycles. The summed E-state index contributed by atoms with van der Waals surface area (Å²) in [5.74, 6) is 0.713. The van der Waals surface area contributed by atoms with Gasteiger partial charge in [-0.05, 0) is 18.8 Å². The lowest BCUT2D eigenvalue weighted by Crippen LogP contribution is -2.22. The van der Waals surface area contributed by atoms with Gasteiger partial charge in [0.05, 0.1) is 0 Å². The van der Waals surface area contributed by atoms with Crippen LogP contribution in [0.2, 0.25) is 0 Å². The highest BCUT2D eigenvalue weighted by Gasteiger charge is 2.14. The molecule has 0 saturated heterocycles. The van der Waals surface area contributed by atoms with E-state index in [0.29, 0.717) is 5.92 Å². The summed E-state index contributed by atoms with van der Waals surface area (Å²) >= 11 is 0. The zero-order chi connectivity index (χ0) is 9.10. The van der Waals surface area contributed by atoms with Gasteiger partial charge in [-0.2, -0.15) is 0 Å². The van der Waals surface area contributed by atoms with Crippen LogP contribution in [0, 0.1) is 5.92 Å². The molecule has 0 spiro atoms. The number of rotatable bonds is 2. The molecule has 72 valence electrons. The van der Waals surface area contributed by atoms with Crippen LogP contribution < -0.4 is 5.56 Å². The van der Waals surface area contributed by atoms with Crippen molar-refractivity contribution in [1.82, 2.24) is 9.78 Å². The van der Waals surface area contributed by atoms with Crippen LogP contribution in [0.15, 0.2) is 17.1 Å². The Balaban J connectivity index is 1.97. The third kappa shape index (κ3) is 2.02. The standard InChI is InChI=1S/C10H16N2O/c13-10-6-7-11-12(10)8-9-4-2-1-3-5-9/h6-7,9,11H,1-5,8H2. The highest BCUT2D eigenvalue weighted by atomic mass is 16.1. The van der Waals surface area contributed by atoms with Crippen molar-refractivity contribution in [3.8, 4) is 0 Å². The van der Waals surface area contributed by atoms with Crippen LogP contribution in [0.4, 0.5) is 0 Å². The Hall–Kier alpha value is -0.990. The second-order valence-electron chi connectivity index (χ2n) is 3.92. The summed E-state index contributed by atoms with van der Waals surface area (Å²) in [5.41, 5.74) is 0.102.